The van der Waals surface area contributed by atoms with E-state index < -0.39 is 18.1 Å². The molecule has 2 aliphatic rings. The number of amides is 2. The molecule has 144 valence electrons. The van der Waals surface area contributed by atoms with Gasteiger partial charge in [0.05, 0.1) is 0 Å². The second-order valence-electron chi connectivity index (χ2n) is 6.42. The highest BCUT2D eigenvalue weighted by molar-refractivity contribution is 6.30. The number of alkyl halides is 3. The number of carbonyl (C=O) groups excluding carboxylic acids is 1. The fourth-order valence-corrected chi connectivity index (χ4v) is 3.55. The van der Waals surface area contributed by atoms with Crippen LogP contribution >= 0.6 is 11.6 Å². The van der Waals surface area contributed by atoms with Crippen molar-refractivity contribution in [2.45, 2.75) is 57.2 Å². The van der Waals surface area contributed by atoms with Crippen LogP contribution in [0.5, 0.6) is 11.5 Å². The molecule has 1 heterocycles. The number of benzene rings is 1. The van der Waals surface area contributed by atoms with E-state index in [9.17, 15) is 18.0 Å². The van der Waals surface area contributed by atoms with Gasteiger partial charge in [-0.1, -0.05) is 30.9 Å². The first-order valence-corrected chi connectivity index (χ1v) is 8.96. The van der Waals surface area contributed by atoms with Crippen molar-refractivity contribution < 1.29 is 27.4 Å². The Morgan fingerprint density at radius 2 is 1.92 bits per heavy atom. The first-order chi connectivity index (χ1) is 12.3. The molecule has 1 aromatic rings. The van der Waals surface area contributed by atoms with Gasteiger partial charge in [0.1, 0.15) is 0 Å². The molecule has 1 saturated carbocycles. The summed E-state index contributed by atoms with van der Waals surface area (Å²) in [4.78, 5) is 14.0. The zero-order valence-corrected chi connectivity index (χ0v) is 15.0. The average Bonchev–Trinajstić information content (AvgIpc) is 2.94. The first kappa shape index (κ1) is 18.9. The lowest BCUT2D eigenvalue weighted by molar-refractivity contribution is -0.318. The van der Waals surface area contributed by atoms with E-state index in [-0.39, 0.29) is 22.6 Å². The van der Waals surface area contributed by atoms with Gasteiger partial charge in [-0.25, -0.2) is 4.79 Å². The van der Waals surface area contributed by atoms with Gasteiger partial charge in [0.15, 0.2) is 11.5 Å². The number of halogens is 4. The second kappa shape index (κ2) is 7.06. The predicted molar refractivity (Wildman–Crippen MR) is 89.3 cm³/mol. The molecule has 1 aliphatic carbocycles. The molecular formula is C17H20ClF3N2O3. The summed E-state index contributed by atoms with van der Waals surface area (Å²) in [5, 5.41) is 2.12. The lowest BCUT2D eigenvalue weighted by atomic mass is 9.94. The Balaban J connectivity index is 1.82. The van der Waals surface area contributed by atoms with E-state index in [0.717, 1.165) is 32.1 Å². The fourth-order valence-electron chi connectivity index (χ4n) is 3.39. The molecule has 0 bridgehead atoms. The summed E-state index contributed by atoms with van der Waals surface area (Å²) in [5.74, 6) is -3.57. The minimum absolute atomic E-state index is 0.0859. The van der Waals surface area contributed by atoms with Crippen molar-refractivity contribution in [2.24, 2.45) is 0 Å². The smallest absolute Gasteiger partial charge is 0.424 e. The Hall–Kier alpha value is -1.83. The minimum atomic E-state index is -4.99. The fraction of sp³-hybridized carbons (Fsp3) is 0.588. The summed E-state index contributed by atoms with van der Waals surface area (Å²) in [6.07, 6.45) is -0.453. The summed E-state index contributed by atoms with van der Waals surface area (Å²) < 4.78 is 51.2. The lowest BCUT2D eigenvalue weighted by Gasteiger charge is -2.37. The molecule has 3 rings (SSSR count). The van der Waals surface area contributed by atoms with Gasteiger partial charge < -0.3 is 14.4 Å². The van der Waals surface area contributed by atoms with Crippen LogP contribution in [0, 0.1) is 0 Å². The molecule has 0 saturated heterocycles. The first-order valence-electron chi connectivity index (χ1n) is 8.59. The molecule has 0 unspecified atom stereocenters. The van der Waals surface area contributed by atoms with Crippen LogP contribution in [0.2, 0.25) is 5.02 Å². The van der Waals surface area contributed by atoms with Gasteiger partial charge in [-0.3, -0.25) is 5.32 Å². The third-order valence-corrected chi connectivity index (χ3v) is 4.91. The second-order valence-corrected chi connectivity index (χ2v) is 6.85. The van der Waals surface area contributed by atoms with Crippen molar-refractivity contribution in [3.63, 3.8) is 0 Å². The summed E-state index contributed by atoms with van der Waals surface area (Å²) in [6.45, 7) is 2.03. The molecule has 1 atom stereocenters. The molecule has 9 heteroatoms. The number of nitrogens with zero attached hydrogens (tertiary/aromatic N) is 1. The van der Waals surface area contributed by atoms with Gasteiger partial charge in [-0.2, -0.15) is 13.2 Å². The molecular weight excluding hydrogens is 373 g/mol. The maximum Gasteiger partial charge on any atom is 0.492 e. The van der Waals surface area contributed by atoms with Crippen molar-refractivity contribution in [1.29, 1.82) is 0 Å². The summed E-state index contributed by atoms with van der Waals surface area (Å²) in [6, 6.07) is 2.93. The third kappa shape index (κ3) is 3.51. The number of rotatable bonds is 3. The standard InChI is InChI=1S/C17H20ClF3N2O3/c1-2-23(12-6-4-3-5-7-12)15(24)22-17(16(19,20)21)25-13-9-8-11(18)10-14(13)26-17/h8-10,12H,2-7H2,1H3,(H,22,24)/t17-/m1/s1. The summed E-state index contributed by atoms with van der Waals surface area (Å²) in [5.41, 5.74) is 0. The molecule has 5 nitrogen and oxygen atoms in total. The van der Waals surface area contributed by atoms with Gasteiger partial charge in [-0.05, 0) is 31.9 Å². The number of urea groups is 1. The maximum absolute atomic E-state index is 13.7. The highest BCUT2D eigenvalue weighted by Crippen LogP contribution is 2.46. The van der Waals surface area contributed by atoms with Gasteiger partial charge in [0, 0.05) is 23.7 Å². The van der Waals surface area contributed by atoms with Crippen molar-refractivity contribution >= 4 is 17.6 Å². The highest BCUT2D eigenvalue weighted by atomic mass is 35.5. The Kier molecular flexibility index (Phi) is 5.14. The molecule has 26 heavy (non-hydrogen) atoms. The molecule has 1 fully saturated rings. The van der Waals surface area contributed by atoms with Crippen LogP contribution in [0.25, 0.3) is 0 Å². The number of nitrogens with one attached hydrogen (secondary N) is 1. The number of hydrogen-bond donors (Lipinski definition) is 1. The van der Waals surface area contributed by atoms with Crippen LogP contribution in [0.4, 0.5) is 18.0 Å². The van der Waals surface area contributed by atoms with Crippen LogP contribution in [0.15, 0.2) is 18.2 Å². The van der Waals surface area contributed by atoms with Crippen molar-refractivity contribution in [1.82, 2.24) is 10.2 Å². The van der Waals surface area contributed by atoms with E-state index >= 15 is 0 Å². The summed E-state index contributed by atoms with van der Waals surface area (Å²) in [7, 11) is 0. The van der Waals surface area contributed by atoms with Crippen LogP contribution < -0.4 is 14.8 Å². The Labute approximate surface area is 154 Å². The average molecular weight is 393 g/mol. The van der Waals surface area contributed by atoms with Gasteiger partial charge in [-0.15, -0.1) is 0 Å². The zero-order chi connectivity index (χ0) is 18.9. The quantitative estimate of drug-likeness (QED) is 0.811. The van der Waals surface area contributed by atoms with Crippen molar-refractivity contribution in [3.8, 4) is 11.5 Å². The number of hydrogen-bond acceptors (Lipinski definition) is 3. The molecule has 2 amide bonds. The van der Waals surface area contributed by atoms with Crippen LogP contribution in [0.1, 0.15) is 39.0 Å². The van der Waals surface area contributed by atoms with E-state index in [2.05, 4.69) is 0 Å². The maximum atomic E-state index is 13.7. The normalized spacial score (nSPS) is 23.0. The van der Waals surface area contributed by atoms with E-state index in [1.54, 1.807) is 6.92 Å². The number of fused-ring (bicyclic) bond motifs is 1. The molecule has 1 N–H and O–H groups in total. The van der Waals surface area contributed by atoms with Gasteiger partial charge in [0.2, 0.25) is 0 Å². The van der Waals surface area contributed by atoms with Crippen LogP contribution in [-0.2, 0) is 0 Å². The Morgan fingerprint density at radius 3 is 2.54 bits per heavy atom. The molecule has 0 radical (unpaired) electrons. The van der Waals surface area contributed by atoms with E-state index in [1.807, 2.05) is 5.32 Å². The third-order valence-electron chi connectivity index (χ3n) is 4.67. The Morgan fingerprint density at radius 1 is 1.27 bits per heavy atom. The monoisotopic (exact) mass is 392 g/mol. The Bertz CT molecular complexity index is 680. The minimum Gasteiger partial charge on any atom is -0.424 e. The van der Waals surface area contributed by atoms with E-state index in [0.29, 0.717) is 6.54 Å². The van der Waals surface area contributed by atoms with Crippen LogP contribution in [-0.4, -0.2) is 35.6 Å². The molecule has 0 spiro atoms. The van der Waals surface area contributed by atoms with E-state index in [4.69, 9.17) is 21.1 Å². The molecule has 1 aromatic carbocycles. The van der Waals surface area contributed by atoms with Crippen molar-refractivity contribution in [2.75, 3.05) is 6.54 Å². The molecule has 1 aliphatic heterocycles. The van der Waals surface area contributed by atoms with Gasteiger partial charge in [0.25, 0.3) is 0 Å². The summed E-state index contributed by atoms with van der Waals surface area (Å²) >= 11 is 5.80. The predicted octanol–water partition coefficient (Wildman–Crippen LogP) is 4.69. The highest BCUT2D eigenvalue weighted by Gasteiger charge is 2.66. The van der Waals surface area contributed by atoms with E-state index in [1.165, 1.54) is 23.1 Å². The van der Waals surface area contributed by atoms with Gasteiger partial charge >= 0.3 is 18.1 Å². The topological polar surface area (TPSA) is 50.8 Å². The number of ether oxygens (including phenoxy) is 2. The lowest BCUT2D eigenvalue weighted by Crippen LogP contribution is -2.67. The zero-order valence-electron chi connectivity index (χ0n) is 14.2. The molecule has 0 aromatic heterocycles. The van der Waals surface area contributed by atoms with Crippen molar-refractivity contribution in [3.05, 3.63) is 23.2 Å². The largest absolute Gasteiger partial charge is 0.492 e. The van der Waals surface area contributed by atoms with Crippen LogP contribution in [0.3, 0.4) is 0 Å². The number of carbonyl (C=O) groups is 1. The SMILES string of the molecule is CCN(C(=O)N[C@]1(C(F)(F)F)Oc2ccc(Cl)cc2O1)C1CCCCC1.